The molecule has 1 aliphatic heterocycles. The normalized spacial score (nSPS) is 26.8. The Hall–Kier alpha value is -0.860. The van der Waals surface area contributed by atoms with Crippen molar-refractivity contribution in [2.75, 3.05) is 6.54 Å². The van der Waals surface area contributed by atoms with Crippen LogP contribution in [-0.2, 0) is 0 Å². The number of hydrogen-bond donors (Lipinski definition) is 2. The van der Waals surface area contributed by atoms with Crippen LogP contribution in [0.15, 0.2) is 24.3 Å². The Labute approximate surface area is 103 Å². The van der Waals surface area contributed by atoms with E-state index in [1.165, 1.54) is 31.2 Å². The molecule has 2 aliphatic rings. The maximum absolute atomic E-state index is 10.5. The topological polar surface area (TPSA) is 32.3 Å². The van der Waals surface area contributed by atoms with E-state index in [1.54, 1.807) is 0 Å². The monoisotopic (exact) mass is 231 g/mol. The van der Waals surface area contributed by atoms with E-state index in [0.29, 0.717) is 5.92 Å². The fourth-order valence-electron chi connectivity index (χ4n) is 2.91. The number of benzene rings is 1. The largest absolute Gasteiger partial charge is 0.387 e. The van der Waals surface area contributed by atoms with Gasteiger partial charge in [0.2, 0.25) is 0 Å². The zero-order valence-electron chi connectivity index (χ0n) is 10.2. The van der Waals surface area contributed by atoms with Crippen molar-refractivity contribution < 1.29 is 5.11 Å². The first kappa shape index (κ1) is 11.2. The molecule has 2 unspecified atom stereocenters. The summed E-state index contributed by atoms with van der Waals surface area (Å²) in [4.78, 5) is 0. The number of nitrogens with one attached hydrogen (secondary N) is 1. The van der Waals surface area contributed by atoms with Crippen LogP contribution in [0.2, 0.25) is 0 Å². The molecule has 2 N–H and O–H groups in total. The van der Waals surface area contributed by atoms with Crippen molar-refractivity contribution in [2.45, 2.75) is 50.2 Å². The van der Waals surface area contributed by atoms with Crippen molar-refractivity contribution in [3.8, 4) is 0 Å². The molecule has 1 aromatic rings. The molecule has 1 aromatic carbocycles. The SMILES string of the molecule is OC(c1ccccc1C1CC1)C1CCCCN1. The van der Waals surface area contributed by atoms with Crippen molar-refractivity contribution >= 4 is 0 Å². The van der Waals surface area contributed by atoms with Gasteiger partial charge in [0.25, 0.3) is 0 Å². The van der Waals surface area contributed by atoms with E-state index in [9.17, 15) is 5.11 Å². The molecule has 2 fully saturated rings. The molecular weight excluding hydrogens is 210 g/mol. The summed E-state index contributed by atoms with van der Waals surface area (Å²) >= 11 is 0. The van der Waals surface area contributed by atoms with E-state index < -0.39 is 0 Å². The van der Waals surface area contributed by atoms with Gasteiger partial charge in [-0.15, -0.1) is 0 Å². The number of rotatable bonds is 3. The van der Waals surface area contributed by atoms with Crippen molar-refractivity contribution in [1.82, 2.24) is 5.32 Å². The number of piperidine rings is 1. The lowest BCUT2D eigenvalue weighted by Crippen LogP contribution is -2.39. The summed E-state index contributed by atoms with van der Waals surface area (Å²) in [6, 6.07) is 8.70. The van der Waals surface area contributed by atoms with Crippen molar-refractivity contribution in [2.24, 2.45) is 0 Å². The van der Waals surface area contributed by atoms with Gasteiger partial charge < -0.3 is 10.4 Å². The van der Waals surface area contributed by atoms with Crippen LogP contribution in [0.1, 0.15) is 55.3 Å². The zero-order chi connectivity index (χ0) is 11.7. The van der Waals surface area contributed by atoms with Crippen molar-refractivity contribution in [3.05, 3.63) is 35.4 Å². The molecule has 17 heavy (non-hydrogen) atoms. The van der Waals surface area contributed by atoms with Crippen LogP contribution in [0.3, 0.4) is 0 Å². The highest BCUT2D eigenvalue weighted by atomic mass is 16.3. The first-order valence-electron chi connectivity index (χ1n) is 6.86. The highest BCUT2D eigenvalue weighted by Crippen LogP contribution is 2.43. The first-order valence-corrected chi connectivity index (χ1v) is 6.86. The third-order valence-corrected chi connectivity index (χ3v) is 4.06. The van der Waals surface area contributed by atoms with Crippen LogP contribution < -0.4 is 5.32 Å². The van der Waals surface area contributed by atoms with E-state index in [2.05, 4.69) is 23.5 Å². The molecule has 0 bridgehead atoms. The van der Waals surface area contributed by atoms with Gasteiger partial charge in [-0.1, -0.05) is 30.7 Å². The minimum atomic E-state index is -0.327. The van der Waals surface area contributed by atoms with E-state index in [1.807, 2.05) is 6.07 Å². The van der Waals surface area contributed by atoms with Gasteiger partial charge in [0.1, 0.15) is 0 Å². The van der Waals surface area contributed by atoms with Crippen molar-refractivity contribution in [1.29, 1.82) is 0 Å². The Kier molecular flexibility index (Phi) is 3.17. The van der Waals surface area contributed by atoms with Gasteiger partial charge in [-0.3, -0.25) is 0 Å². The van der Waals surface area contributed by atoms with Crippen molar-refractivity contribution in [3.63, 3.8) is 0 Å². The molecule has 92 valence electrons. The predicted octanol–water partition coefficient (Wildman–Crippen LogP) is 2.74. The molecule has 0 radical (unpaired) electrons. The predicted molar refractivity (Wildman–Crippen MR) is 69.0 cm³/mol. The molecule has 1 saturated heterocycles. The fourth-order valence-corrected chi connectivity index (χ4v) is 2.91. The Morgan fingerprint density at radius 3 is 2.65 bits per heavy atom. The Bertz CT molecular complexity index is 380. The van der Waals surface area contributed by atoms with Gasteiger partial charge in [0.15, 0.2) is 0 Å². The molecule has 1 saturated carbocycles. The second kappa shape index (κ2) is 4.79. The van der Waals surface area contributed by atoms with Gasteiger partial charge in [-0.05, 0) is 49.3 Å². The minimum Gasteiger partial charge on any atom is -0.387 e. The van der Waals surface area contributed by atoms with Gasteiger partial charge >= 0.3 is 0 Å². The Morgan fingerprint density at radius 1 is 1.12 bits per heavy atom. The summed E-state index contributed by atoms with van der Waals surface area (Å²) in [7, 11) is 0. The molecule has 2 heteroatoms. The fraction of sp³-hybridized carbons (Fsp3) is 0.600. The molecule has 2 nitrogen and oxygen atoms in total. The van der Waals surface area contributed by atoms with Crippen LogP contribution >= 0.6 is 0 Å². The maximum Gasteiger partial charge on any atom is 0.0945 e. The quantitative estimate of drug-likeness (QED) is 0.838. The summed E-state index contributed by atoms with van der Waals surface area (Å²) in [5, 5.41) is 14.0. The first-order chi connectivity index (χ1) is 8.36. The van der Waals surface area contributed by atoms with E-state index >= 15 is 0 Å². The van der Waals surface area contributed by atoms with E-state index in [4.69, 9.17) is 0 Å². The molecule has 2 atom stereocenters. The maximum atomic E-state index is 10.5. The van der Waals surface area contributed by atoms with Crippen LogP contribution in [0.5, 0.6) is 0 Å². The Morgan fingerprint density at radius 2 is 1.94 bits per heavy atom. The molecule has 0 amide bonds. The highest BCUT2D eigenvalue weighted by Gasteiger charge is 2.30. The highest BCUT2D eigenvalue weighted by molar-refractivity contribution is 5.35. The number of hydrogen-bond acceptors (Lipinski definition) is 2. The number of aliphatic hydroxyl groups is 1. The van der Waals surface area contributed by atoms with Crippen LogP contribution in [0, 0.1) is 0 Å². The lowest BCUT2D eigenvalue weighted by molar-refractivity contribution is 0.113. The summed E-state index contributed by atoms with van der Waals surface area (Å²) in [6.07, 6.45) is 5.84. The molecule has 1 heterocycles. The Balaban J connectivity index is 1.81. The van der Waals surface area contributed by atoms with Gasteiger partial charge in [-0.25, -0.2) is 0 Å². The third kappa shape index (κ3) is 2.38. The van der Waals surface area contributed by atoms with E-state index in [0.717, 1.165) is 18.5 Å². The van der Waals surface area contributed by atoms with Gasteiger partial charge in [0.05, 0.1) is 6.10 Å². The van der Waals surface area contributed by atoms with Gasteiger partial charge in [-0.2, -0.15) is 0 Å². The standard InChI is InChI=1S/C15H21NO/c17-15(14-7-3-4-10-16-14)13-6-2-1-5-12(13)11-8-9-11/h1-2,5-6,11,14-17H,3-4,7-10H2. The lowest BCUT2D eigenvalue weighted by atomic mass is 9.91. The average Bonchev–Trinajstić information content (AvgIpc) is 3.23. The second-order valence-corrected chi connectivity index (χ2v) is 5.40. The summed E-state index contributed by atoms with van der Waals surface area (Å²) in [5.74, 6) is 0.712. The molecule has 0 spiro atoms. The zero-order valence-corrected chi connectivity index (χ0v) is 10.2. The minimum absolute atomic E-state index is 0.253. The average molecular weight is 231 g/mol. The summed E-state index contributed by atoms with van der Waals surface area (Å²) in [6.45, 7) is 1.05. The smallest absolute Gasteiger partial charge is 0.0945 e. The second-order valence-electron chi connectivity index (χ2n) is 5.40. The molecule has 0 aromatic heterocycles. The molecule has 3 rings (SSSR count). The lowest BCUT2D eigenvalue weighted by Gasteiger charge is -2.29. The van der Waals surface area contributed by atoms with Crippen LogP contribution in [0.4, 0.5) is 0 Å². The van der Waals surface area contributed by atoms with Crippen LogP contribution in [-0.4, -0.2) is 17.7 Å². The van der Waals surface area contributed by atoms with E-state index in [-0.39, 0.29) is 12.1 Å². The summed E-state index contributed by atoms with van der Waals surface area (Å²) in [5.41, 5.74) is 2.54. The third-order valence-electron chi connectivity index (χ3n) is 4.06. The number of aliphatic hydroxyl groups excluding tert-OH is 1. The molecular formula is C15H21NO. The van der Waals surface area contributed by atoms with Gasteiger partial charge in [0, 0.05) is 6.04 Å². The summed E-state index contributed by atoms with van der Waals surface area (Å²) < 4.78 is 0. The van der Waals surface area contributed by atoms with Crippen LogP contribution in [0.25, 0.3) is 0 Å². The molecule has 1 aliphatic carbocycles.